The molecule has 2 rings (SSSR count). The van der Waals surface area contributed by atoms with E-state index in [1.165, 1.54) is 6.07 Å². The van der Waals surface area contributed by atoms with Gasteiger partial charge in [0.25, 0.3) is 0 Å². The van der Waals surface area contributed by atoms with E-state index in [0.717, 1.165) is 5.69 Å². The van der Waals surface area contributed by atoms with Crippen molar-refractivity contribution >= 4 is 0 Å². The predicted octanol–water partition coefficient (Wildman–Crippen LogP) is 2.52. The Balaban J connectivity index is 2.02. The second-order valence-electron chi connectivity index (χ2n) is 3.88. The van der Waals surface area contributed by atoms with E-state index in [2.05, 4.69) is 10.3 Å². The van der Waals surface area contributed by atoms with Crippen LogP contribution in [0, 0.1) is 5.82 Å². The van der Waals surface area contributed by atoms with Gasteiger partial charge in [-0.25, -0.2) is 9.37 Å². The van der Waals surface area contributed by atoms with E-state index < -0.39 is 0 Å². The summed E-state index contributed by atoms with van der Waals surface area (Å²) in [5.41, 5.74) is 1.42. The monoisotopic (exact) mass is 246 g/mol. The molecule has 0 saturated carbocycles. The van der Waals surface area contributed by atoms with E-state index in [9.17, 15) is 4.39 Å². The average molecular weight is 246 g/mol. The smallest absolute Gasteiger partial charge is 0.213 e. The number of halogens is 1. The number of hydrogen-bond acceptors (Lipinski definition) is 3. The Morgan fingerprint density at radius 3 is 2.78 bits per heavy atom. The third kappa shape index (κ3) is 3.28. The maximum atomic E-state index is 13.4. The van der Waals surface area contributed by atoms with Crippen molar-refractivity contribution in [1.82, 2.24) is 10.3 Å². The molecule has 0 unspecified atom stereocenters. The number of rotatable bonds is 5. The minimum atomic E-state index is -0.260. The molecule has 0 bridgehead atoms. The number of aromatic nitrogens is 1. The molecule has 94 valence electrons. The van der Waals surface area contributed by atoms with Crippen LogP contribution in [0.4, 0.5) is 4.39 Å². The zero-order chi connectivity index (χ0) is 12.8. The van der Waals surface area contributed by atoms with Gasteiger partial charge >= 0.3 is 0 Å². The van der Waals surface area contributed by atoms with Crippen LogP contribution in [0.25, 0.3) is 0 Å². The molecule has 0 radical (unpaired) electrons. The number of benzene rings is 1. The van der Waals surface area contributed by atoms with Crippen LogP contribution in [0.5, 0.6) is 5.88 Å². The fourth-order valence-corrected chi connectivity index (χ4v) is 1.58. The molecule has 1 aromatic heterocycles. The van der Waals surface area contributed by atoms with Crippen LogP contribution < -0.4 is 10.1 Å². The second kappa shape index (κ2) is 6.12. The van der Waals surface area contributed by atoms with E-state index in [1.54, 1.807) is 24.3 Å². The zero-order valence-electron chi connectivity index (χ0n) is 10.2. The van der Waals surface area contributed by atoms with Crippen molar-refractivity contribution in [3.05, 3.63) is 59.5 Å². The first-order chi connectivity index (χ1) is 8.79. The Hall–Kier alpha value is -1.94. The maximum absolute atomic E-state index is 13.4. The number of nitrogens with zero attached hydrogens (tertiary/aromatic N) is 1. The van der Waals surface area contributed by atoms with Gasteiger partial charge in [0.05, 0.1) is 5.69 Å². The summed E-state index contributed by atoms with van der Waals surface area (Å²) in [6.45, 7) is 0.861. The molecule has 0 aliphatic carbocycles. The SMILES string of the molecule is CNCc1cccc(OCc2ccccc2F)n1. The van der Waals surface area contributed by atoms with E-state index in [-0.39, 0.29) is 12.4 Å². The molecule has 0 aliphatic rings. The predicted molar refractivity (Wildman–Crippen MR) is 67.7 cm³/mol. The molecule has 18 heavy (non-hydrogen) atoms. The minimum Gasteiger partial charge on any atom is -0.473 e. The van der Waals surface area contributed by atoms with Crippen molar-refractivity contribution < 1.29 is 9.13 Å². The standard InChI is InChI=1S/C14H15FN2O/c1-16-9-12-6-4-8-14(17-12)18-10-11-5-2-3-7-13(11)15/h2-8,16H,9-10H2,1H3. The summed E-state index contributed by atoms with van der Waals surface area (Å²) >= 11 is 0. The van der Waals surface area contributed by atoms with Crippen LogP contribution in [0.3, 0.4) is 0 Å². The van der Waals surface area contributed by atoms with Crippen LogP contribution in [0.1, 0.15) is 11.3 Å². The highest BCUT2D eigenvalue weighted by atomic mass is 19.1. The van der Waals surface area contributed by atoms with Crippen molar-refractivity contribution in [3.63, 3.8) is 0 Å². The number of pyridine rings is 1. The molecular formula is C14H15FN2O. The van der Waals surface area contributed by atoms with Crippen molar-refractivity contribution in [2.75, 3.05) is 7.05 Å². The number of nitrogens with one attached hydrogen (secondary N) is 1. The van der Waals surface area contributed by atoms with Crippen molar-refractivity contribution in [2.45, 2.75) is 13.2 Å². The third-order valence-corrected chi connectivity index (χ3v) is 2.47. The first-order valence-electron chi connectivity index (χ1n) is 5.76. The normalized spacial score (nSPS) is 10.3. The molecule has 1 N–H and O–H groups in total. The fourth-order valence-electron chi connectivity index (χ4n) is 1.58. The van der Waals surface area contributed by atoms with E-state index >= 15 is 0 Å². The summed E-state index contributed by atoms with van der Waals surface area (Å²) in [4.78, 5) is 4.30. The van der Waals surface area contributed by atoms with Gasteiger partial charge in [-0.3, -0.25) is 0 Å². The molecule has 4 heteroatoms. The molecule has 1 aromatic carbocycles. The number of hydrogen-bond donors (Lipinski definition) is 1. The van der Waals surface area contributed by atoms with Crippen molar-refractivity contribution in [2.24, 2.45) is 0 Å². The Bertz CT molecular complexity index is 517. The first-order valence-corrected chi connectivity index (χ1v) is 5.76. The van der Waals surface area contributed by atoms with Gasteiger partial charge < -0.3 is 10.1 Å². The molecule has 2 aromatic rings. The van der Waals surface area contributed by atoms with Gasteiger partial charge in [0, 0.05) is 18.2 Å². The Morgan fingerprint density at radius 1 is 1.17 bits per heavy atom. The lowest BCUT2D eigenvalue weighted by molar-refractivity contribution is 0.287. The number of ether oxygens (including phenoxy) is 1. The maximum Gasteiger partial charge on any atom is 0.213 e. The van der Waals surface area contributed by atoms with Gasteiger partial charge in [0.1, 0.15) is 12.4 Å². The summed E-state index contributed by atoms with van der Waals surface area (Å²) in [7, 11) is 1.86. The fraction of sp³-hybridized carbons (Fsp3) is 0.214. The molecule has 0 saturated heterocycles. The molecule has 0 fully saturated rings. The van der Waals surface area contributed by atoms with E-state index in [0.29, 0.717) is 18.0 Å². The lowest BCUT2D eigenvalue weighted by atomic mass is 10.2. The zero-order valence-corrected chi connectivity index (χ0v) is 10.2. The Morgan fingerprint density at radius 2 is 2.00 bits per heavy atom. The highest BCUT2D eigenvalue weighted by Crippen LogP contribution is 2.12. The quantitative estimate of drug-likeness (QED) is 0.880. The Kier molecular flexibility index (Phi) is 4.25. The summed E-state index contributed by atoms with van der Waals surface area (Å²) in [6, 6.07) is 12.1. The van der Waals surface area contributed by atoms with Gasteiger partial charge in [-0.05, 0) is 19.2 Å². The van der Waals surface area contributed by atoms with Crippen LogP contribution >= 0.6 is 0 Å². The summed E-state index contributed by atoms with van der Waals surface area (Å²) in [5.74, 6) is 0.245. The molecule has 1 heterocycles. The highest BCUT2D eigenvalue weighted by Gasteiger charge is 2.03. The summed E-state index contributed by atoms with van der Waals surface area (Å²) < 4.78 is 18.9. The van der Waals surface area contributed by atoms with Crippen molar-refractivity contribution in [3.8, 4) is 5.88 Å². The van der Waals surface area contributed by atoms with Crippen LogP contribution in [-0.4, -0.2) is 12.0 Å². The second-order valence-corrected chi connectivity index (χ2v) is 3.88. The minimum absolute atomic E-state index is 0.183. The summed E-state index contributed by atoms with van der Waals surface area (Å²) in [6.07, 6.45) is 0. The molecular weight excluding hydrogens is 231 g/mol. The van der Waals surface area contributed by atoms with Gasteiger partial charge in [0.2, 0.25) is 5.88 Å². The molecule has 0 amide bonds. The lowest BCUT2D eigenvalue weighted by Gasteiger charge is -2.07. The molecule has 0 aliphatic heterocycles. The van der Waals surface area contributed by atoms with E-state index in [4.69, 9.17) is 4.74 Å². The third-order valence-electron chi connectivity index (χ3n) is 2.47. The molecule has 0 atom stereocenters. The largest absolute Gasteiger partial charge is 0.473 e. The first kappa shape index (κ1) is 12.5. The topological polar surface area (TPSA) is 34.1 Å². The van der Waals surface area contributed by atoms with Gasteiger partial charge in [0.15, 0.2) is 0 Å². The highest BCUT2D eigenvalue weighted by molar-refractivity contribution is 5.19. The average Bonchev–Trinajstić information content (AvgIpc) is 2.39. The molecule has 0 spiro atoms. The Labute approximate surface area is 106 Å². The van der Waals surface area contributed by atoms with Gasteiger partial charge in [-0.2, -0.15) is 0 Å². The van der Waals surface area contributed by atoms with Gasteiger partial charge in [-0.1, -0.05) is 24.3 Å². The molecule has 3 nitrogen and oxygen atoms in total. The van der Waals surface area contributed by atoms with Crippen LogP contribution in [-0.2, 0) is 13.2 Å². The van der Waals surface area contributed by atoms with Crippen LogP contribution in [0.2, 0.25) is 0 Å². The van der Waals surface area contributed by atoms with E-state index in [1.807, 2.05) is 19.2 Å². The lowest BCUT2D eigenvalue weighted by Crippen LogP contribution is -2.07. The summed E-state index contributed by atoms with van der Waals surface area (Å²) in [5, 5.41) is 3.02. The van der Waals surface area contributed by atoms with Gasteiger partial charge in [-0.15, -0.1) is 0 Å². The van der Waals surface area contributed by atoms with Crippen molar-refractivity contribution in [1.29, 1.82) is 0 Å². The van der Waals surface area contributed by atoms with Crippen LogP contribution in [0.15, 0.2) is 42.5 Å².